The summed E-state index contributed by atoms with van der Waals surface area (Å²) in [6, 6.07) is 69.0. The topological polar surface area (TPSA) is 3.24 Å². The summed E-state index contributed by atoms with van der Waals surface area (Å²) in [6.45, 7) is 0. The van der Waals surface area contributed by atoms with Gasteiger partial charge in [0, 0.05) is 68.1 Å². The maximum absolute atomic E-state index is 2.48. The summed E-state index contributed by atoms with van der Waals surface area (Å²) < 4.78 is 5.28. The van der Waals surface area contributed by atoms with Gasteiger partial charge in [0.15, 0.2) is 0 Å². The summed E-state index contributed by atoms with van der Waals surface area (Å²) in [5.74, 6) is 0. The van der Waals surface area contributed by atoms with Crippen LogP contribution in [-0.4, -0.2) is 0 Å². The number of rotatable bonds is 5. The molecule has 0 fully saturated rings. The highest BCUT2D eigenvalue weighted by atomic mass is 32.1. The van der Waals surface area contributed by atoms with E-state index in [0.29, 0.717) is 0 Å². The maximum Gasteiger partial charge on any atom is 0.0540 e. The van der Waals surface area contributed by atoms with Crippen molar-refractivity contribution in [3.63, 3.8) is 0 Å². The van der Waals surface area contributed by atoms with E-state index >= 15 is 0 Å². The lowest BCUT2D eigenvalue weighted by Crippen LogP contribution is -2.10. The molecule has 0 atom stereocenters. The zero-order chi connectivity index (χ0) is 34.9. The molecule has 9 aromatic carbocycles. The van der Waals surface area contributed by atoms with Gasteiger partial charge in [0.1, 0.15) is 0 Å². The van der Waals surface area contributed by atoms with Crippen molar-refractivity contribution in [3.8, 4) is 22.3 Å². The average molecular weight is 710 g/mol. The molecule has 0 saturated carbocycles. The zero-order valence-electron chi connectivity index (χ0n) is 28.7. The Morgan fingerprint density at radius 2 is 0.981 bits per heavy atom. The highest BCUT2D eigenvalue weighted by Crippen LogP contribution is 2.49. The molecule has 248 valence electrons. The number of fused-ring (bicyclic) bond motifs is 9. The van der Waals surface area contributed by atoms with E-state index in [2.05, 4.69) is 193 Å². The fourth-order valence-corrected chi connectivity index (χ4v) is 10.7. The summed E-state index contributed by atoms with van der Waals surface area (Å²) in [7, 11) is 0. The predicted molar refractivity (Wildman–Crippen MR) is 233 cm³/mol. The van der Waals surface area contributed by atoms with Gasteiger partial charge in [-0.3, -0.25) is 0 Å². The van der Waals surface area contributed by atoms with Gasteiger partial charge in [-0.25, -0.2) is 0 Å². The molecule has 2 aromatic heterocycles. The minimum atomic E-state index is 1.14. The van der Waals surface area contributed by atoms with Crippen LogP contribution < -0.4 is 4.90 Å². The average Bonchev–Trinajstić information content (AvgIpc) is 3.80. The number of thiophene rings is 2. The Kier molecular flexibility index (Phi) is 6.97. The molecule has 11 rings (SSSR count). The van der Waals surface area contributed by atoms with Crippen molar-refractivity contribution in [2.24, 2.45) is 0 Å². The van der Waals surface area contributed by atoms with Gasteiger partial charge >= 0.3 is 0 Å². The lowest BCUT2D eigenvalue weighted by molar-refractivity contribution is 1.30. The van der Waals surface area contributed by atoms with Gasteiger partial charge < -0.3 is 4.90 Å². The highest BCUT2D eigenvalue weighted by molar-refractivity contribution is 7.27. The smallest absolute Gasteiger partial charge is 0.0540 e. The normalized spacial score (nSPS) is 11.8. The third-order valence-corrected chi connectivity index (χ3v) is 13.1. The van der Waals surface area contributed by atoms with Crippen LogP contribution >= 0.6 is 22.7 Å². The van der Waals surface area contributed by atoms with Crippen LogP contribution in [0.3, 0.4) is 0 Å². The van der Waals surface area contributed by atoms with Crippen LogP contribution in [0.2, 0.25) is 0 Å². The molecule has 1 nitrogen and oxygen atoms in total. The van der Waals surface area contributed by atoms with Crippen molar-refractivity contribution in [1.29, 1.82) is 0 Å². The molecule has 3 heteroatoms. The highest BCUT2D eigenvalue weighted by Gasteiger charge is 2.21. The monoisotopic (exact) mass is 709 g/mol. The van der Waals surface area contributed by atoms with Crippen molar-refractivity contribution < 1.29 is 0 Å². The van der Waals surface area contributed by atoms with Gasteiger partial charge in [0.2, 0.25) is 0 Å². The van der Waals surface area contributed by atoms with Gasteiger partial charge in [0.25, 0.3) is 0 Å². The lowest BCUT2D eigenvalue weighted by atomic mass is 9.91. The van der Waals surface area contributed by atoms with Crippen LogP contribution in [0.4, 0.5) is 17.1 Å². The van der Waals surface area contributed by atoms with Gasteiger partial charge in [-0.2, -0.15) is 0 Å². The molecule has 11 aromatic rings. The molecular formula is C50H31NS2. The number of benzene rings is 9. The standard InChI is InChI=1S/C50H31NS2/c1-3-14-33(15-4-1)37-27-28-40(50-48(37)41-23-11-12-25-46(41)53-50)42-31-44-43-30-35(26-29-47(43)52-49(44)39-22-10-9-21-38(39)42)51(34-18-5-2-6-19-34)45-24-13-17-32-16-7-8-20-36(32)45/h1-31H. The SMILES string of the molecule is c1ccc(-c2ccc(-c3cc4c5cc(N(c6ccccc6)c6cccc7ccccc67)ccc5sc4c4ccccc34)c3sc4ccccc4c23)cc1. The number of para-hydroxylation sites is 1. The minimum Gasteiger partial charge on any atom is -0.310 e. The van der Waals surface area contributed by atoms with Gasteiger partial charge in [0.05, 0.1) is 5.69 Å². The van der Waals surface area contributed by atoms with Gasteiger partial charge in [-0.15, -0.1) is 22.7 Å². The summed E-state index contributed by atoms with van der Waals surface area (Å²) in [4.78, 5) is 2.41. The maximum atomic E-state index is 2.48. The summed E-state index contributed by atoms with van der Waals surface area (Å²) in [6.07, 6.45) is 0. The van der Waals surface area contributed by atoms with Crippen LogP contribution in [0.25, 0.3) is 84.1 Å². The largest absolute Gasteiger partial charge is 0.310 e. The Labute approximate surface area is 315 Å². The molecule has 0 spiro atoms. The van der Waals surface area contributed by atoms with E-state index in [1.54, 1.807) is 0 Å². The summed E-state index contributed by atoms with van der Waals surface area (Å²) in [5.41, 5.74) is 8.56. The number of hydrogen-bond acceptors (Lipinski definition) is 3. The van der Waals surface area contributed by atoms with Crippen LogP contribution in [-0.2, 0) is 0 Å². The molecule has 0 unspecified atom stereocenters. The second-order valence-corrected chi connectivity index (χ2v) is 15.7. The van der Waals surface area contributed by atoms with Crippen molar-refractivity contribution >= 4 is 102 Å². The van der Waals surface area contributed by atoms with Crippen LogP contribution in [0.5, 0.6) is 0 Å². The molecule has 0 radical (unpaired) electrons. The zero-order valence-corrected chi connectivity index (χ0v) is 30.3. The number of hydrogen-bond donors (Lipinski definition) is 0. The van der Waals surface area contributed by atoms with Crippen LogP contribution in [0.15, 0.2) is 188 Å². The molecule has 0 bridgehead atoms. The third-order valence-electron chi connectivity index (χ3n) is 10.6. The fraction of sp³-hybridized carbons (Fsp3) is 0. The molecule has 0 aliphatic rings. The first-order valence-corrected chi connectivity index (χ1v) is 19.6. The second-order valence-electron chi connectivity index (χ2n) is 13.6. The predicted octanol–water partition coefficient (Wildman–Crippen LogP) is 15.5. The summed E-state index contributed by atoms with van der Waals surface area (Å²) in [5, 5.41) is 10.3. The van der Waals surface area contributed by atoms with Crippen LogP contribution in [0, 0.1) is 0 Å². The van der Waals surface area contributed by atoms with E-state index in [-0.39, 0.29) is 0 Å². The Bertz CT molecular complexity index is 3170. The Hall–Kier alpha value is -6.26. The van der Waals surface area contributed by atoms with E-state index in [1.165, 1.54) is 89.8 Å². The first-order chi connectivity index (χ1) is 26.3. The van der Waals surface area contributed by atoms with Crippen molar-refractivity contribution in [1.82, 2.24) is 0 Å². The fourth-order valence-electron chi connectivity index (χ4n) is 8.25. The Morgan fingerprint density at radius 1 is 0.340 bits per heavy atom. The minimum absolute atomic E-state index is 1.14. The molecule has 2 heterocycles. The third kappa shape index (κ3) is 4.82. The quantitative estimate of drug-likeness (QED) is 0.172. The molecule has 0 N–H and O–H groups in total. The molecule has 0 saturated heterocycles. The summed E-state index contributed by atoms with van der Waals surface area (Å²) >= 11 is 3.81. The second kappa shape index (κ2) is 12.2. The molecule has 0 amide bonds. The molecule has 53 heavy (non-hydrogen) atoms. The first-order valence-electron chi connectivity index (χ1n) is 18.0. The number of anilines is 3. The number of nitrogens with zero attached hydrogens (tertiary/aromatic N) is 1. The Morgan fingerprint density at radius 3 is 1.83 bits per heavy atom. The van der Waals surface area contributed by atoms with E-state index in [0.717, 1.165) is 11.4 Å². The molecular weight excluding hydrogens is 679 g/mol. The van der Waals surface area contributed by atoms with Crippen molar-refractivity contribution in [2.75, 3.05) is 4.90 Å². The molecule has 0 aliphatic heterocycles. The van der Waals surface area contributed by atoms with E-state index in [9.17, 15) is 0 Å². The van der Waals surface area contributed by atoms with Gasteiger partial charge in [-0.1, -0.05) is 140 Å². The van der Waals surface area contributed by atoms with E-state index < -0.39 is 0 Å². The van der Waals surface area contributed by atoms with Crippen molar-refractivity contribution in [2.45, 2.75) is 0 Å². The first kappa shape index (κ1) is 30.4. The van der Waals surface area contributed by atoms with E-state index in [4.69, 9.17) is 0 Å². The Balaban J connectivity index is 1.19. The van der Waals surface area contributed by atoms with E-state index in [1.807, 2.05) is 22.7 Å². The molecule has 0 aliphatic carbocycles. The van der Waals surface area contributed by atoms with Crippen LogP contribution in [0.1, 0.15) is 0 Å². The van der Waals surface area contributed by atoms with Gasteiger partial charge in [-0.05, 0) is 76.0 Å². The lowest BCUT2D eigenvalue weighted by Gasteiger charge is -2.27. The van der Waals surface area contributed by atoms with Crippen molar-refractivity contribution in [3.05, 3.63) is 188 Å².